The summed E-state index contributed by atoms with van der Waals surface area (Å²) < 4.78 is 5.53. The number of hydrogen-bond acceptors (Lipinski definition) is 10. The van der Waals surface area contributed by atoms with Gasteiger partial charge in [-0.15, -0.1) is 21.6 Å². The number of likely N-dealkylation sites (tertiary alicyclic amines) is 1. The molecule has 3 aromatic rings. The molecule has 4 heterocycles. The van der Waals surface area contributed by atoms with E-state index in [1.165, 1.54) is 11.8 Å². The Morgan fingerprint density at radius 1 is 1.24 bits per heavy atom. The maximum atomic E-state index is 12.9. The lowest BCUT2D eigenvalue weighted by Gasteiger charge is -2.31. The van der Waals surface area contributed by atoms with Crippen LogP contribution >= 0.6 is 23.1 Å². The average Bonchev–Trinajstić information content (AvgIpc) is 3.59. The van der Waals surface area contributed by atoms with Gasteiger partial charge in [-0.05, 0) is 32.3 Å². The molecule has 0 bridgehead atoms. The Bertz CT molecular complexity index is 1460. The fraction of sp³-hybridized carbons (Fsp3) is 0.296. The number of piperidine rings is 1. The van der Waals surface area contributed by atoms with Crippen molar-refractivity contribution in [2.24, 2.45) is 10.1 Å². The number of allylic oxidation sites excluding steroid dienone is 3. The van der Waals surface area contributed by atoms with E-state index in [-0.39, 0.29) is 11.7 Å². The molecular formula is C27H26N6O3S2. The fourth-order valence-corrected chi connectivity index (χ4v) is 6.51. The van der Waals surface area contributed by atoms with Gasteiger partial charge in [0, 0.05) is 30.0 Å². The first kappa shape index (κ1) is 24.8. The number of carbonyl (C=O) groups is 1. The van der Waals surface area contributed by atoms with Crippen LogP contribution in [0.5, 0.6) is 0 Å². The first-order valence-electron chi connectivity index (χ1n) is 12.5. The van der Waals surface area contributed by atoms with Crippen LogP contribution in [0.15, 0.2) is 74.3 Å². The Balaban J connectivity index is 1.06. The summed E-state index contributed by atoms with van der Waals surface area (Å²) in [6.45, 7) is 3.28. The molecule has 38 heavy (non-hydrogen) atoms. The molecule has 1 aromatic carbocycles. The van der Waals surface area contributed by atoms with Gasteiger partial charge in [0.05, 0.1) is 27.7 Å². The molecule has 0 unspecified atom stereocenters. The molecular weight excluding hydrogens is 520 g/mol. The van der Waals surface area contributed by atoms with Gasteiger partial charge >= 0.3 is 0 Å². The van der Waals surface area contributed by atoms with Gasteiger partial charge in [-0.2, -0.15) is 0 Å². The molecule has 11 heteroatoms. The number of amidine groups is 1. The number of thioether (sulfide) groups is 1. The molecule has 3 aliphatic rings. The van der Waals surface area contributed by atoms with E-state index in [9.17, 15) is 10.0 Å². The van der Waals surface area contributed by atoms with Crippen molar-refractivity contribution in [1.82, 2.24) is 20.2 Å². The summed E-state index contributed by atoms with van der Waals surface area (Å²) in [5.74, 6) is 1.34. The minimum Gasteiger partial charge on any atom is -0.360 e. The number of aromatic nitrogens is 2. The highest BCUT2D eigenvalue weighted by molar-refractivity contribution is 8.14. The lowest BCUT2D eigenvalue weighted by Crippen LogP contribution is -2.39. The number of hydroxylamine groups is 1. The Hall–Kier alpha value is -3.54. The molecule has 1 aliphatic carbocycles. The van der Waals surface area contributed by atoms with Crippen LogP contribution in [0.1, 0.15) is 35.9 Å². The Kier molecular flexibility index (Phi) is 6.96. The van der Waals surface area contributed by atoms with Crippen LogP contribution in [-0.2, 0) is 4.79 Å². The minimum absolute atomic E-state index is 0.0498. The van der Waals surface area contributed by atoms with Crippen molar-refractivity contribution in [3.8, 4) is 22.5 Å². The number of amides is 1. The van der Waals surface area contributed by atoms with Gasteiger partial charge in [-0.3, -0.25) is 10.0 Å². The average molecular weight is 547 g/mol. The van der Waals surface area contributed by atoms with Crippen molar-refractivity contribution in [2.75, 3.05) is 18.8 Å². The lowest BCUT2D eigenvalue weighted by atomic mass is 9.97. The van der Waals surface area contributed by atoms with E-state index in [1.54, 1.807) is 11.3 Å². The first-order valence-corrected chi connectivity index (χ1v) is 14.3. The zero-order valence-electron chi connectivity index (χ0n) is 20.8. The summed E-state index contributed by atoms with van der Waals surface area (Å²) >= 11 is 2.90. The van der Waals surface area contributed by atoms with Crippen molar-refractivity contribution in [3.63, 3.8) is 0 Å². The van der Waals surface area contributed by atoms with E-state index in [4.69, 9.17) is 9.51 Å². The predicted octanol–water partition coefficient (Wildman–Crippen LogP) is 5.47. The van der Waals surface area contributed by atoms with E-state index in [0.29, 0.717) is 35.6 Å². The SMILES string of the molecule is Cc1onc(-c2ccccc2)c1-c1csc(C2CCN(C(=O)CSC3=NN(O)C4=CCC=CC4=N3)CC2)n1. The molecule has 9 nitrogen and oxygen atoms in total. The molecule has 0 atom stereocenters. The number of nitrogens with zero attached hydrogens (tertiary/aromatic N) is 6. The highest BCUT2D eigenvalue weighted by Gasteiger charge is 2.28. The monoisotopic (exact) mass is 546 g/mol. The summed E-state index contributed by atoms with van der Waals surface area (Å²) in [6, 6.07) is 10.0. The van der Waals surface area contributed by atoms with Crippen LogP contribution in [-0.4, -0.2) is 61.0 Å². The van der Waals surface area contributed by atoms with Gasteiger partial charge in [-0.1, -0.05) is 59.4 Å². The third kappa shape index (κ3) is 4.96. The molecule has 0 saturated carbocycles. The van der Waals surface area contributed by atoms with Crippen LogP contribution in [0.3, 0.4) is 0 Å². The molecule has 0 radical (unpaired) electrons. The van der Waals surface area contributed by atoms with Gasteiger partial charge in [0.1, 0.15) is 17.2 Å². The van der Waals surface area contributed by atoms with Crippen LogP contribution in [0, 0.1) is 6.92 Å². The third-order valence-electron chi connectivity index (χ3n) is 6.81. The highest BCUT2D eigenvalue weighted by Crippen LogP contribution is 2.38. The Morgan fingerprint density at radius 2 is 2.05 bits per heavy atom. The lowest BCUT2D eigenvalue weighted by molar-refractivity contribution is -0.129. The molecule has 2 aliphatic heterocycles. The van der Waals surface area contributed by atoms with Crippen molar-refractivity contribution < 1.29 is 14.5 Å². The van der Waals surface area contributed by atoms with E-state index < -0.39 is 0 Å². The number of hydrogen-bond donors (Lipinski definition) is 1. The normalized spacial score (nSPS) is 17.7. The van der Waals surface area contributed by atoms with Crippen molar-refractivity contribution in [2.45, 2.75) is 32.1 Å². The van der Waals surface area contributed by atoms with E-state index in [0.717, 1.165) is 57.7 Å². The molecule has 1 fully saturated rings. The third-order valence-corrected chi connectivity index (χ3v) is 8.64. The second-order valence-electron chi connectivity index (χ2n) is 9.24. The summed E-state index contributed by atoms with van der Waals surface area (Å²) in [6.07, 6.45) is 8.15. The summed E-state index contributed by atoms with van der Waals surface area (Å²) in [5, 5.41) is 22.9. The second-order valence-corrected chi connectivity index (χ2v) is 11.1. The highest BCUT2D eigenvalue weighted by atomic mass is 32.2. The van der Waals surface area contributed by atoms with Crippen molar-refractivity contribution in [3.05, 3.63) is 70.4 Å². The molecule has 2 aromatic heterocycles. The van der Waals surface area contributed by atoms with E-state index >= 15 is 0 Å². The zero-order valence-corrected chi connectivity index (χ0v) is 22.4. The van der Waals surface area contributed by atoms with Gasteiger partial charge in [0.15, 0.2) is 0 Å². The van der Waals surface area contributed by atoms with Gasteiger partial charge in [-0.25, -0.2) is 9.98 Å². The fourth-order valence-electron chi connectivity index (χ4n) is 4.80. The van der Waals surface area contributed by atoms with Gasteiger partial charge < -0.3 is 9.42 Å². The van der Waals surface area contributed by atoms with Crippen LogP contribution < -0.4 is 0 Å². The number of benzene rings is 1. The summed E-state index contributed by atoms with van der Waals surface area (Å²) in [4.78, 5) is 24.2. The van der Waals surface area contributed by atoms with Gasteiger partial charge in [0.2, 0.25) is 11.1 Å². The predicted molar refractivity (Wildman–Crippen MR) is 149 cm³/mol. The Labute approximate surface area is 228 Å². The smallest absolute Gasteiger partial charge is 0.233 e. The number of aliphatic imine (C=N–C) groups is 1. The first-order chi connectivity index (χ1) is 18.6. The standard InChI is InChI=1S/C27H26N6O3S2/c1-17-24(25(31-36-17)18-7-3-2-4-8-18)21-15-37-26(28-21)19-11-13-32(14-12-19)23(34)16-38-27-29-20-9-5-6-10-22(20)33(35)30-27/h2-5,7-10,15,19,35H,6,11-14,16H2,1H3. The van der Waals surface area contributed by atoms with Crippen molar-refractivity contribution >= 4 is 39.9 Å². The van der Waals surface area contributed by atoms with Crippen LogP contribution in [0.2, 0.25) is 0 Å². The van der Waals surface area contributed by atoms with Crippen LogP contribution in [0.25, 0.3) is 22.5 Å². The number of aryl methyl sites for hydroxylation is 1. The molecule has 194 valence electrons. The Morgan fingerprint density at radius 3 is 2.87 bits per heavy atom. The number of rotatable bonds is 5. The van der Waals surface area contributed by atoms with Gasteiger partial charge in [0.25, 0.3) is 0 Å². The molecule has 1 N–H and O–H groups in total. The zero-order chi connectivity index (χ0) is 26.1. The molecule has 1 saturated heterocycles. The topological polar surface area (TPSA) is 107 Å². The maximum absolute atomic E-state index is 12.9. The van der Waals surface area contributed by atoms with Crippen molar-refractivity contribution in [1.29, 1.82) is 0 Å². The van der Waals surface area contributed by atoms with Crippen LogP contribution in [0.4, 0.5) is 0 Å². The number of fused-ring (bicyclic) bond motifs is 1. The summed E-state index contributed by atoms with van der Waals surface area (Å²) in [5.41, 5.74) is 4.86. The number of hydrazone groups is 1. The molecule has 1 amide bonds. The molecule has 6 rings (SSSR count). The maximum Gasteiger partial charge on any atom is 0.233 e. The van der Waals surface area contributed by atoms with E-state index in [1.807, 2.05) is 60.4 Å². The summed E-state index contributed by atoms with van der Waals surface area (Å²) in [7, 11) is 0. The minimum atomic E-state index is 0.0498. The van der Waals surface area contributed by atoms with E-state index in [2.05, 4.69) is 20.6 Å². The second kappa shape index (κ2) is 10.7. The molecule has 0 spiro atoms. The quantitative estimate of drug-likeness (QED) is 0.452. The number of thiazole rings is 1. The largest absolute Gasteiger partial charge is 0.360 e. The number of carbonyl (C=O) groups excluding carboxylic acids is 1.